The Morgan fingerprint density at radius 1 is 1.17 bits per heavy atom. The van der Waals surface area contributed by atoms with Crippen molar-refractivity contribution in [2.45, 2.75) is 46.6 Å². The summed E-state index contributed by atoms with van der Waals surface area (Å²) in [6, 6.07) is 4.22. The monoisotopic (exact) mass is 312 g/mol. The molecule has 2 heterocycles. The van der Waals surface area contributed by atoms with Crippen LogP contribution in [0.4, 0.5) is 5.82 Å². The molecule has 0 bridgehead atoms. The van der Waals surface area contributed by atoms with Crippen LogP contribution in [-0.2, 0) is 6.61 Å². The minimum absolute atomic E-state index is 0.0392. The SMILES string of the molecule is CCCCCNc1nc2cc(C)c(C)cc2n2c(CO)cnc12. The van der Waals surface area contributed by atoms with Gasteiger partial charge in [-0.05, 0) is 43.5 Å². The first-order valence-corrected chi connectivity index (χ1v) is 8.27. The number of hydrogen-bond donors (Lipinski definition) is 2. The fourth-order valence-electron chi connectivity index (χ4n) is 2.86. The standard InChI is InChI=1S/C18H24N4O/c1-4-5-6-7-19-17-18-20-10-14(11-23)22(18)16-9-13(3)12(2)8-15(16)21-17/h8-10,23H,4-7,11H2,1-3H3,(H,19,21). The number of unbranched alkanes of at least 4 members (excludes halogenated alkanes) is 2. The third-order valence-electron chi connectivity index (χ3n) is 4.35. The molecule has 0 aliphatic carbocycles. The molecule has 0 aliphatic heterocycles. The Labute approximate surface area is 136 Å². The Morgan fingerprint density at radius 2 is 1.96 bits per heavy atom. The van der Waals surface area contributed by atoms with Crippen molar-refractivity contribution in [3.63, 3.8) is 0 Å². The van der Waals surface area contributed by atoms with Gasteiger partial charge in [-0.2, -0.15) is 0 Å². The van der Waals surface area contributed by atoms with Crippen molar-refractivity contribution >= 4 is 22.5 Å². The zero-order chi connectivity index (χ0) is 16.4. The van der Waals surface area contributed by atoms with Crippen LogP contribution >= 0.6 is 0 Å². The van der Waals surface area contributed by atoms with E-state index in [9.17, 15) is 5.11 Å². The second kappa shape index (κ2) is 6.54. The molecule has 0 amide bonds. The van der Waals surface area contributed by atoms with Gasteiger partial charge < -0.3 is 10.4 Å². The Kier molecular flexibility index (Phi) is 4.48. The van der Waals surface area contributed by atoms with Crippen molar-refractivity contribution in [2.75, 3.05) is 11.9 Å². The highest BCUT2D eigenvalue weighted by Gasteiger charge is 2.13. The molecule has 0 fully saturated rings. The van der Waals surface area contributed by atoms with E-state index in [4.69, 9.17) is 4.98 Å². The molecule has 122 valence electrons. The van der Waals surface area contributed by atoms with Gasteiger partial charge in [0.15, 0.2) is 11.5 Å². The molecule has 5 heteroatoms. The third-order valence-corrected chi connectivity index (χ3v) is 4.35. The first-order chi connectivity index (χ1) is 11.2. The number of aliphatic hydroxyl groups is 1. The lowest BCUT2D eigenvalue weighted by Crippen LogP contribution is -2.07. The fraction of sp³-hybridized carbons (Fsp3) is 0.444. The number of nitrogens with zero attached hydrogens (tertiary/aromatic N) is 3. The van der Waals surface area contributed by atoms with Crippen LogP contribution in [0.3, 0.4) is 0 Å². The molecule has 0 radical (unpaired) electrons. The van der Waals surface area contributed by atoms with Crippen LogP contribution in [0.25, 0.3) is 16.7 Å². The summed E-state index contributed by atoms with van der Waals surface area (Å²) in [5.41, 5.74) is 5.90. The van der Waals surface area contributed by atoms with Crippen molar-refractivity contribution in [3.05, 3.63) is 35.2 Å². The van der Waals surface area contributed by atoms with Gasteiger partial charge in [-0.15, -0.1) is 0 Å². The van der Waals surface area contributed by atoms with Gasteiger partial charge in [0.05, 0.1) is 29.5 Å². The highest BCUT2D eigenvalue weighted by Crippen LogP contribution is 2.25. The first-order valence-electron chi connectivity index (χ1n) is 8.27. The predicted molar refractivity (Wildman–Crippen MR) is 93.9 cm³/mol. The second-order valence-corrected chi connectivity index (χ2v) is 6.09. The average molecular weight is 312 g/mol. The van der Waals surface area contributed by atoms with E-state index in [1.165, 1.54) is 24.0 Å². The number of nitrogens with one attached hydrogen (secondary N) is 1. The average Bonchev–Trinajstić information content (AvgIpc) is 2.97. The van der Waals surface area contributed by atoms with Gasteiger partial charge in [0, 0.05) is 6.54 Å². The van der Waals surface area contributed by atoms with E-state index in [0.717, 1.165) is 41.2 Å². The van der Waals surface area contributed by atoms with Crippen molar-refractivity contribution < 1.29 is 5.11 Å². The van der Waals surface area contributed by atoms with Gasteiger partial charge in [0.25, 0.3) is 0 Å². The fourth-order valence-corrected chi connectivity index (χ4v) is 2.86. The molecule has 5 nitrogen and oxygen atoms in total. The summed E-state index contributed by atoms with van der Waals surface area (Å²) >= 11 is 0. The van der Waals surface area contributed by atoms with Crippen LogP contribution in [0.2, 0.25) is 0 Å². The van der Waals surface area contributed by atoms with Crippen LogP contribution in [0, 0.1) is 13.8 Å². The highest BCUT2D eigenvalue weighted by atomic mass is 16.3. The van der Waals surface area contributed by atoms with Gasteiger partial charge in [0.2, 0.25) is 0 Å². The summed E-state index contributed by atoms with van der Waals surface area (Å²) in [5, 5.41) is 13.1. The maximum Gasteiger partial charge on any atom is 0.180 e. The maximum atomic E-state index is 9.64. The molecule has 0 spiro atoms. The molecule has 0 atom stereocenters. The molecule has 1 aromatic carbocycles. The van der Waals surface area contributed by atoms with E-state index in [1.54, 1.807) is 6.20 Å². The number of fused-ring (bicyclic) bond motifs is 3. The largest absolute Gasteiger partial charge is 0.390 e. The number of aliphatic hydroxyl groups excluding tert-OH is 1. The number of aryl methyl sites for hydroxylation is 2. The second-order valence-electron chi connectivity index (χ2n) is 6.09. The number of hydrogen-bond acceptors (Lipinski definition) is 4. The summed E-state index contributed by atoms with van der Waals surface area (Å²) in [4.78, 5) is 9.24. The topological polar surface area (TPSA) is 62.5 Å². The maximum absolute atomic E-state index is 9.64. The number of rotatable bonds is 6. The zero-order valence-corrected chi connectivity index (χ0v) is 14.1. The molecular formula is C18H24N4O. The summed E-state index contributed by atoms with van der Waals surface area (Å²) in [5.74, 6) is 0.788. The van der Waals surface area contributed by atoms with Gasteiger partial charge in [0.1, 0.15) is 0 Å². The van der Waals surface area contributed by atoms with Crippen LogP contribution in [0.5, 0.6) is 0 Å². The molecule has 0 aliphatic rings. The number of aromatic nitrogens is 3. The summed E-state index contributed by atoms with van der Waals surface area (Å²) < 4.78 is 2.01. The van der Waals surface area contributed by atoms with Crippen LogP contribution in [-0.4, -0.2) is 26.0 Å². The molecule has 0 saturated heterocycles. The van der Waals surface area contributed by atoms with E-state index in [-0.39, 0.29) is 6.61 Å². The van der Waals surface area contributed by atoms with Gasteiger partial charge >= 0.3 is 0 Å². The predicted octanol–water partition coefficient (Wildman–Crippen LogP) is 3.59. The van der Waals surface area contributed by atoms with E-state index in [2.05, 4.69) is 43.2 Å². The lowest BCUT2D eigenvalue weighted by atomic mass is 10.1. The number of imidazole rings is 1. The molecule has 0 saturated carbocycles. The molecule has 3 rings (SSSR count). The minimum Gasteiger partial charge on any atom is -0.390 e. The quantitative estimate of drug-likeness (QED) is 0.683. The van der Waals surface area contributed by atoms with E-state index >= 15 is 0 Å². The van der Waals surface area contributed by atoms with E-state index in [0.29, 0.717) is 0 Å². The van der Waals surface area contributed by atoms with Crippen molar-refractivity contribution in [2.24, 2.45) is 0 Å². The number of anilines is 1. The normalized spacial score (nSPS) is 11.5. The third kappa shape index (κ3) is 2.88. The lowest BCUT2D eigenvalue weighted by Gasteiger charge is -2.12. The van der Waals surface area contributed by atoms with E-state index < -0.39 is 0 Å². The summed E-state index contributed by atoms with van der Waals surface area (Å²) in [6.45, 7) is 7.22. The summed E-state index contributed by atoms with van der Waals surface area (Å²) in [6.07, 6.45) is 5.23. The highest BCUT2D eigenvalue weighted by molar-refractivity contribution is 5.84. The van der Waals surface area contributed by atoms with Crippen molar-refractivity contribution in [1.29, 1.82) is 0 Å². The van der Waals surface area contributed by atoms with Crippen LogP contribution in [0.15, 0.2) is 18.3 Å². The van der Waals surface area contributed by atoms with Gasteiger partial charge in [-0.25, -0.2) is 9.97 Å². The molecule has 2 aromatic heterocycles. The van der Waals surface area contributed by atoms with Crippen LogP contribution < -0.4 is 5.32 Å². The Hall–Kier alpha value is -2.14. The molecule has 2 N–H and O–H groups in total. The smallest absolute Gasteiger partial charge is 0.180 e. The number of benzene rings is 1. The van der Waals surface area contributed by atoms with Crippen molar-refractivity contribution in [3.8, 4) is 0 Å². The van der Waals surface area contributed by atoms with Crippen LogP contribution in [0.1, 0.15) is 43.0 Å². The zero-order valence-electron chi connectivity index (χ0n) is 14.1. The van der Waals surface area contributed by atoms with Crippen molar-refractivity contribution in [1.82, 2.24) is 14.4 Å². The molecule has 0 unspecified atom stereocenters. The molecule has 23 heavy (non-hydrogen) atoms. The first kappa shape index (κ1) is 15.7. The minimum atomic E-state index is -0.0392. The summed E-state index contributed by atoms with van der Waals surface area (Å²) in [7, 11) is 0. The van der Waals surface area contributed by atoms with E-state index in [1.807, 2.05) is 4.40 Å². The molecular weight excluding hydrogens is 288 g/mol. The Bertz CT molecular complexity index is 838. The van der Waals surface area contributed by atoms with Gasteiger partial charge in [-0.1, -0.05) is 19.8 Å². The Morgan fingerprint density at radius 3 is 2.70 bits per heavy atom. The lowest BCUT2D eigenvalue weighted by molar-refractivity contribution is 0.276. The van der Waals surface area contributed by atoms with Gasteiger partial charge in [-0.3, -0.25) is 4.40 Å². The molecule has 3 aromatic rings. The Balaban J connectivity index is 2.15.